The quantitative estimate of drug-likeness (QED) is 0.728. The topological polar surface area (TPSA) is 41.9 Å². The van der Waals surface area contributed by atoms with E-state index < -0.39 is 0 Å². The van der Waals surface area contributed by atoms with Crippen LogP contribution in [0.2, 0.25) is 0 Å². The number of ether oxygens (including phenoxy) is 1. The summed E-state index contributed by atoms with van der Waals surface area (Å²) in [7, 11) is 0. The molecule has 1 aromatic rings. The summed E-state index contributed by atoms with van der Waals surface area (Å²) in [6.07, 6.45) is 1.89. The molecular weight excluding hydrogens is 340 g/mol. The standard InChI is InChI=1S/C14H13BrN2O2S/c15-11-3-1-10(2-4-11)9-12-13(18)16-14(20-12)17-5-7-19-8-6-17/h1-4,9H,5-8H2/b12-9-. The second-order valence-electron chi connectivity index (χ2n) is 4.46. The lowest BCUT2D eigenvalue weighted by atomic mass is 10.2. The predicted octanol–water partition coefficient (Wildman–Crippen LogP) is 2.75. The first-order chi connectivity index (χ1) is 9.72. The van der Waals surface area contributed by atoms with Gasteiger partial charge < -0.3 is 9.64 Å². The van der Waals surface area contributed by atoms with Crippen molar-refractivity contribution in [1.82, 2.24) is 4.90 Å². The summed E-state index contributed by atoms with van der Waals surface area (Å²) >= 11 is 4.84. The Kier molecular flexibility index (Phi) is 4.24. The van der Waals surface area contributed by atoms with Gasteiger partial charge in [-0.2, -0.15) is 4.99 Å². The van der Waals surface area contributed by atoms with Crippen LogP contribution in [0.5, 0.6) is 0 Å². The largest absolute Gasteiger partial charge is 0.378 e. The first kappa shape index (κ1) is 13.9. The first-order valence-corrected chi connectivity index (χ1v) is 7.94. The Morgan fingerprint density at radius 2 is 1.95 bits per heavy atom. The summed E-state index contributed by atoms with van der Waals surface area (Å²) in [5.74, 6) is -0.153. The van der Waals surface area contributed by atoms with Crippen molar-refractivity contribution < 1.29 is 9.53 Å². The molecule has 0 bridgehead atoms. The number of rotatable bonds is 1. The Bertz CT molecular complexity index is 577. The lowest BCUT2D eigenvalue weighted by Gasteiger charge is -2.27. The number of aliphatic imine (C=N–C) groups is 1. The maximum absolute atomic E-state index is 12.0. The molecule has 1 saturated heterocycles. The molecule has 2 heterocycles. The molecule has 0 radical (unpaired) electrons. The van der Waals surface area contributed by atoms with Gasteiger partial charge in [0.15, 0.2) is 5.17 Å². The van der Waals surface area contributed by atoms with E-state index >= 15 is 0 Å². The third-order valence-corrected chi connectivity index (χ3v) is 4.63. The van der Waals surface area contributed by atoms with E-state index in [2.05, 4.69) is 25.8 Å². The van der Waals surface area contributed by atoms with E-state index in [4.69, 9.17) is 4.74 Å². The molecule has 3 rings (SSSR count). The third kappa shape index (κ3) is 3.13. The molecule has 0 saturated carbocycles. The zero-order valence-corrected chi connectivity index (χ0v) is 13.1. The number of hydrogen-bond donors (Lipinski definition) is 0. The molecule has 2 aliphatic rings. The van der Waals surface area contributed by atoms with E-state index in [1.165, 1.54) is 11.8 Å². The molecule has 0 aliphatic carbocycles. The summed E-state index contributed by atoms with van der Waals surface area (Å²) in [4.78, 5) is 18.9. The van der Waals surface area contributed by atoms with Gasteiger partial charge in [0.2, 0.25) is 0 Å². The minimum Gasteiger partial charge on any atom is -0.378 e. The van der Waals surface area contributed by atoms with Gasteiger partial charge in [0.1, 0.15) is 0 Å². The average Bonchev–Trinajstić information content (AvgIpc) is 2.84. The summed E-state index contributed by atoms with van der Waals surface area (Å²) < 4.78 is 6.33. The highest BCUT2D eigenvalue weighted by Crippen LogP contribution is 2.30. The Morgan fingerprint density at radius 1 is 1.25 bits per heavy atom. The predicted molar refractivity (Wildman–Crippen MR) is 84.5 cm³/mol. The van der Waals surface area contributed by atoms with Crippen LogP contribution < -0.4 is 0 Å². The van der Waals surface area contributed by atoms with Gasteiger partial charge in [-0.25, -0.2) is 0 Å². The van der Waals surface area contributed by atoms with E-state index in [1.807, 2.05) is 30.3 Å². The van der Waals surface area contributed by atoms with Crippen molar-refractivity contribution >= 4 is 44.8 Å². The summed E-state index contributed by atoms with van der Waals surface area (Å²) in [6.45, 7) is 2.98. The number of halogens is 1. The van der Waals surface area contributed by atoms with Crippen molar-refractivity contribution in [2.24, 2.45) is 4.99 Å². The third-order valence-electron chi connectivity index (χ3n) is 3.06. The van der Waals surface area contributed by atoms with E-state index in [0.29, 0.717) is 18.1 Å². The summed E-state index contributed by atoms with van der Waals surface area (Å²) in [5.41, 5.74) is 1.00. The molecule has 1 amide bonds. The Hall–Kier alpha value is -1.11. The van der Waals surface area contributed by atoms with Crippen molar-refractivity contribution in [2.75, 3.05) is 26.3 Å². The average molecular weight is 353 g/mol. The van der Waals surface area contributed by atoms with Gasteiger partial charge in [-0.05, 0) is 35.5 Å². The zero-order chi connectivity index (χ0) is 13.9. The maximum atomic E-state index is 12.0. The lowest BCUT2D eigenvalue weighted by Crippen LogP contribution is -2.38. The highest BCUT2D eigenvalue weighted by Gasteiger charge is 2.26. The van der Waals surface area contributed by atoms with Gasteiger partial charge in [0, 0.05) is 17.6 Å². The first-order valence-electron chi connectivity index (χ1n) is 6.33. The number of carbonyl (C=O) groups excluding carboxylic acids is 1. The number of morpholine rings is 1. The minimum absolute atomic E-state index is 0.153. The maximum Gasteiger partial charge on any atom is 0.286 e. The summed E-state index contributed by atoms with van der Waals surface area (Å²) in [6, 6.07) is 7.86. The van der Waals surface area contributed by atoms with Crippen LogP contribution in [0.15, 0.2) is 38.6 Å². The smallest absolute Gasteiger partial charge is 0.286 e. The second kappa shape index (κ2) is 6.11. The highest BCUT2D eigenvalue weighted by molar-refractivity contribution is 9.10. The van der Waals surface area contributed by atoms with Gasteiger partial charge in [0.25, 0.3) is 5.91 Å². The van der Waals surface area contributed by atoms with Crippen molar-refractivity contribution in [1.29, 1.82) is 0 Å². The number of amidine groups is 1. The second-order valence-corrected chi connectivity index (χ2v) is 6.39. The Morgan fingerprint density at radius 3 is 2.65 bits per heavy atom. The molecular formula is C14H13BrN2O2S. The number of hydrogen-bond acceptors (Lipinski definition) is 4. The SMILES string of the molecule is O=C1N=C(N2CCOCC2)S/C1=C\c1ccc(Br)cc1. The van der Waals surface area contributed by atoms with E-state index in [9.17, 15) is 4.79 Å². The molecule has 0 spiro atoms. The fraction of sp³-hybridized carbons (Fsp3) is 0.286. The number of thioether (sulfide) groups is 1. The normalized spacial score (nSPS) is 21.4. The van der Waals surface area contributed by atoms with Crippen LogP contribution in [0.1, 0.15) is 5.56 Å². The molecule has 2 aliphatic heterocycles. The van der Waals surface area contributed by atoms with Crippen LogP contribution in [-0.4, -0.2) is 42.3 Å². The number of amides is 1. The minimum atomic E-state index is -0.153. The molecule has 20 heavy (non-hydrogen) atoms. The fourth-order valence-corrected chi connectivity index (χ4v) is 3.23. The van der Waals surface area contributed by atoms with E-state index in [1.54, 1.807) is 0 Å². The lowest BCUT2D eigenvalue weighted by molar-refractivity contribution is -0.113. The van der Waals surface area contributed by atoms with Crippen LogP contribution >= 0.6 is 27.7 Å². The van der Waals surface area contributed by atoms with Gasteiger partial charge in [-0.3, -0.25) is 4.79 Å². The monoisotopic (exact) mass is 352 g/mol. The van der Waals surface area contributed by atoms with Crippen LogP contribution in [0.25, 0.3) is 6.08 Å². The molecule has 4 nitrogen and oxygen atoms in total. The molecule has 6 heteroatoms. The molecule has 104 valence electrons. The van der Waals surface area contributed by atoms with Gasteiger partial charge in [0.05, 0.1) is 18.1 Å². The Balaban J connectivity index is 1.74. The van der Waals surface area contributed by atoms with Crippen molar-refractivity contribution in [3.63, 3.8) is 0 Å². The molecule has 0 N–H and O–H groups in total. The van der Waals surface area contributed by atoms with Gasteiger partial charge in [-0.1, -0.05) is 28.1 Å². The number of benzene rings is 1. The molecule has 0 unspecified atom stereocenters. The van der Waals surface area contributed by atoms with Crippen molar-refractivity contribution in [2.45, 2.75) is 0 Å². The Labute approximate surface area is 130 Å². The van der Waals surface area contributed by atoms with Crippen LogP contribution in [0, 0.1) is 0 Å². The van der Waals surface area contributed by atoms with Crippen molar-refractivity contribution in [3.05, 3.63) is 39.2 Å². The molecule has 0 aromatic heterocycles. The van der Waals surface area contributed by atoms with Gasteiger partial charge >= 0.3 is 0 Å². The van der Waals surface area contributed by atoms with Crippen LogP contribution in [0.3, 0.4) is 0 Å². The fourth-order valence-electron chi connectivity index (χ4n) is 2.00. The highest BCUT2D eigenvalue weighted by atomic mass is 79.9. The molecule has 1 aromatic carbocycles. The molecule has 0 atom stereocenters. The van der Waals surface area contributed by atoms with E-state index in [0.717, 1.165) is 28.3 Å². The number of nitrogens with zero attached hydrogens (tertiary/aromatic N) is 2. The van der Waals surface area contributed by atoms with Crippen LogP contribution in [-0.2, 0) is 9.53 Å². The van der Waals surface area contributed by atoms with Gasteiger partial charge in [-0.15, -0.1) is 0 Å². The zero-order valence-electron chi connectivity index (χ0n) is 10.7. The summed E-state index contributed by atoms with van der Waals surface area (Å²) in [5, 5.41) is 0.793. The van der Waals surface area contributed by atoms with E-state index in [-0.39, 0.29) is 5.91 Å². The number of carbonyl (C=O) groups is 1. The molecule has 1 fully saturated rings. The van der Waals surface area contributed by atoms with Crippen molar-refractivity contribution in [3.8, 4) is 0 Å². The van der Waals surface area contributed by atoms with Crippen LogP contribution in [0.4, 0.5) is 0 Å².